The number of nitrogens with one attached hydrogen (secondary N) is 2. The summed E-state index contributed by atoms with van der Waals surface area (Å²) in [5.74, 6) is 0.158. The lowest BCUT2D eigenvalue weighted by molar-refractivity contribution is 0.262. The maximum atomic E-state index is 12.3. The maximum Gasteiger partial charge on any atom is 0.339 e. The first-order valence-electron chi connectivity index (χ1n) is 8.58. The molecule has 0 heterocycles. The van der Waals surface area contributed by atoms with Crippen LogP contribution in [0, 0.1) is 13.8 Å². The van der Waals surface area contributed by atoms with Crippen molar-refractivity contribution < 1.29 is 17.4 Å². The summed E-state index contributed by atoms with van der Waals surface area (Å²) in [5.41, 5.74) is 3.12. The molecule has 0 radical (unpaired) electrons. The highest BCUT2D eigenvalue weighted by Crippen LogP contribution is 2.21. The summed E-state index contributed by atoms with van der Waals surface area (Å²) in [7, 11) is -3.91. The van der Waals surface area contributed by atoms with Crippen LogP contribution in [0.3, 0.4) is 0 Å². The number of amides is 2. The highest BCUT2D eigenvalue weighted by molar-refractivity contribution is 7.87. The third-order valence-corrected chi connectivity index (χ3v) is 5.28. The summed E-state index contributed by atoms with van der Waals surface area (Å²) in [5, 5.41) is 5.45. The molecule has 3 rings (SSSR count). The van der Waals surface area contributed by atoms with Crippen molar-refractivity contribution in [2.75, 3.05) is 10.6 Å². The van der Waals surface area contributed by atoms with Crippen LogP contribution in [0.2, 0.25) is 0 Å². The molecule has 2 N–H and O–H groups in total. The van der Waals surface area contributed by atoms with Gasteiger partial charge in [0.15, 0.2) is 0 Å². The molecular formula is C21H20N2O4S. The fraction of sp³-hybridized carbons (Fsp3) is 0.0952. The molecule has 0 aliphatic carbocycles. The van der Waals surface area contributed by atoms with Crippen LogP contribution in [0.25, 0.3) is 0 Å². The van der Waals surface area contributed by atoms with E-state index in [1.165, 1.54) is 24.3 Å². The minimum atomic E-state index is -3.91. The minimum Gasteiger partial charge on any atom is -0.379 e. The average molecular weight is 396 g/mol. The van der Waals surface area contributed by atoms with Crippen molar-refractivity contribution in [1.29, 1.82) is 0 Å². The molecule has 0 saturated carbocycles. The van der Waals surface area contributed by atoms with E-state index in [1.807, 2.05) is 38.1 Å². The molecule has 0 aliphatic heterocycles. The van der Waals surface area contributed by atoms with Crippen LogP contribution in [0.5, 0.6) is 5.75 Å². The van der Waals surface area contributed by atoms with E-state index in [0.717, 1.165) is 11.1 Å². The Hall–Kier alpha value is -3.32. The van der Waals surface area contributed by atoms with Crippen molar-refractivity contribution in [2.45, 2.75) is 18.7 Å². The molecule has 0 aliphatic rings. The number of urea groups is 1. The minimum absolute atomic E-state index is 0.0814. The van der Waals surface area contributed by atoms with Crippen LogP contribution in [0.15, 0.2) is 77.7 Å². The molecule has 28 heavy (non-hydrogen) atoms. The van der Waals surface area contributed by atoms with Crippen molar-refractivity contribution in [2.24, 2.45) is 0 Å². The van der Waals surface area contributed by atoms with E-state index < -0.39 is 16.1 Å². The highest BCUT2D eigenvalue weighted by atomic mass is 32.2. The number of rotatable bonds is 5. The number of para-hydroxylation sites is 1. The maximum absolute atomic E-state index is 12.3. The van der Waals surface area contributed by atoms with E-state index in [9.17, 15) is 13.2 Å². The van der Waals surface area contributed by atoms with Gasteiger partial charge in [0.25, 0.3) is 0 Å². The van der Waals surface area contributed by atoms with Crippen LogP contribution in [-0.4, -0.2) is 14.4 Å². The summed E-state index contributed by atoms with van der Waals surface area (Å²) in [6, 6.07) is 19.5. The first-order chi connectivity index (χ1) is 13.3. The van der Waals surface area contributed by atoms with E-state index >= 15 is 0 Å². The van der Waals surface area contributed by atoms with E-state index in [4.69, 9.17) is 4.18 Å². The lowest BCUT2D eigenvalue weighted by Crippen LogP contribution is -2.19. The molecule has 0 saturated heterocycles. The van der Waals surface area contributed by atoms with E-state index in [-0.39, 0.29) is 10.6 Å². The van der Waals surface area contributed by atoms with E-state index in [0.29, 0.717) is 11.4 Å². The fourth-order valence-corrected chi connectivity index (χ4v) is 3.40. The number of carbonyl (C=O) groups excluding carboxylic acids is 1. The lowest BCUT2D eigenvalue weighted by Gasteiger charge is -2.11. The molecule has 0 spiro atoms. The average Bonchev–Trinajstić information content (AvgIpc) is 2.65. The van der Waals surface area contributed by atoms with Gasteiger partial charge < -0.3 is 14.8 Å². The second-order valence-electron chi connectivity index (χ2n) is 6.27. The summed E-state index contributed by atoms with van der Waals surface area (Å²) in [6.45, 7) is 3.77. The van der Waals surface area contributed by atoms with Crippen LogP contribution >= 0.6 is 0 Å². The van der Waals surface area contributed by atoms with Gasteiger partial charge in [0.05, 0.1) is 0 Å². The molecule has 0 atom stereocenters. The molecule has 3 aromatic carbocycles. The van der Waals surface area contributed by atoms with Gasteiger partial charge in [-0.2, -0.15) is 8.42 Å². The van der Waals surface area contributed by atoms with Crippen molar-refractivity contribution in [1.82, 2.24) is 0 Å². The van der Waals surface area contributed by atoms with Gasteiger partial charge in [-0.1, -0.05) is 35.9 Å². The van der Waals surface area contributed by atoms with Crippen molar-refractivity contribution in [3.05, 3.63) is 83.9 Å². The van der Waals surface area contributed by atoms with Crippen molar-refractivity contribution in [3.63, 3.8) is 0 Å². The van der Waals surface area contributed by atoms with Gasteiger partial charge in [0.1, 0.15) is 10.6 Å². The largest absolute Gasteiger partial charge is 0.379 e. The number of carbonyl (C=O) groups is 1. The molecule has 2 amide bonds. The fourth-order valence-electron chi connectivity index (χ4n) is 2.47. The molecule has 144 valence electrons. The van der Waals surface area contributed by atoms with Gasteiger partial charge in [-0.25, -0.2) is 4.79 Å². The molecule has 0 unspecified atom stereocenters. The second-order valence-corrected chi connectivity index (χ2v) is 7.82. The Morgan fingerprint density at radius 2 is 1.46 bits per heavy atom. The Kier molecular flexibility index (Phi) is 5.65. The Labute approximate surface area is 164 Å². The van der Waals surface area contributed by atoms with Gasteiger partial charge in [0, 0.05) is 11.4 Å². The summed E-state index contributed by atoms with van der Waals surface area (Å²) in [4.78, 5) is 12.2. The summed E-state index contributed by atoms with van der Waals surface area (Å²) >= 11 is 0. The van der Waals surface area contributed by atoms with Gasteiger partial charge >= 0.3 is 16.1 Å². The Morgan fingerprint density at radius 1 is 0.821 bits per heavy atom. The smallest absolute Gasteiger partial charge is 0.339 e. The van der Waals surface area contributed by atoms with Crippen molar-refractivity contribution >= 4 is 27.5 Å². The molecule has 3 aromatic rings. The number of aryl methyl sites for hydroxylation is 2. The van der Waals surface area contributed by atoms with Gasteiger partial charge in [-0.3, -0.25) is 0 Å². The monoisotopic (exact) mass is 396 g/mol. The first-order valence-corrected chi connectivity index (χ1v) is 9.99. The highest BCUT2D eigenvalue weighted by Gasteiger charge is 2.16. The Bertz CT molecular complexity index is 1080. The van der Waals surface area contributed by atoms with Gasteiger partial charge in [-0.15, -0.1) is 0 Å². The zero-order chi connectivity index (χ0) is 20.1. The third-order valence-electron chi connectivity index (χ3n) is 4.02. The normalized spacial score (nSPS) is 10.9. The molecule has 0 bridgehead atoms. The zero-order valence-corrected chi connectivity index (χ0v) is 16.3. The predicted octanol–water partition coefficient (Wildman–Crippen LogP) is 4.72. The lowest BCUT2D eigenvalue weighted by atomic mass is 10.2. The van der Waals surface area contributed by atoms with Crippen LogP contribution in [-0.2, 0) is 10.1 Å². The SMILES string of the molecule is Cc1ccc(S(=O)(=O)Oc2ccc(NC(=O)Nc3ccccc3C)cc2)cc1. The topological polar surface area (TPSA) is 84.5 Å². The summed E-state index contributed by atoms with van der Waals surface area (Å²) < 4.78 is 29.8. The van der Waals surface area contributed by atoms with E-state index in [2.05, 4.69) is 10.6 Å². The molecule has 7 heteroatoms. The van der Waals surface area contributed by atoms with Crippen molar-refractivity contribution in [3.8, 4) is 5.75 Å². The summed E-state index contributed by atoms with van der Waals surface area (Å²) in [6.07, 6.45) is 0. The predicted molar refractivity (Wildman–Crippen MR) is 109 cm³/mol. The Balaban J connectivity index is 1.64. The van der Waals surface area contributed by atoms with Gasteiger partial charge in [0.2, 0.25) is 0 Å². The number of hydrogen-bond acceptors (Lipinski definition) is 4. The molecule has 6 nitrogen and oxygen atoms in total. The third kappa shape index (κ3) is 4.89. The second kappa shape index (κ2) is 8.14. The van der Waals surface area contributed by atoms with Crippen LogP contribution < -0.4 is 14.8 Å². The molecule has 0 fully saturated rings. The number of anilines is 2. The van der Waals surface area contributed by atoms with E-state index in [1.54, 1.807) is 24.3 Å². The first kappa shape index (κ1) is 19.4. The number of hydrogen-bond donors (Lipinski definition) is 2. The number of benzene rings is 3. The molecular weight excluding hydrogens is 376 g/mol. The molecule has 0 aromatic heterocycles. The standard InChI is InChI=1S/C21H20N2O4S/c1-15-7-13-19(14-8-15)28(25,26)27-18-11-9-17(10-12-18)22-21(24)23-20-6-4-3-5-16(20)2/h3-14H,1-2H3,(H2,22,23,24). The van der Waals surface area contributed by atoms with Gasteiger partial charge in [-0.05, 0) is 61.9 Å². The van der Waals surface area contributed by atoms with Crippen LogP contribution in [0.1, 0.15) is 11.1 Å². The Morgan fingerprint density at radius 3 is 2.11 bits per heavy atom. The zero-order valence-electron chi connectivity index (χ0n) is 15.5. The quantitative estimate of drug-likeness (QED) is 0.612. The van der Waals surface area contributed by atoms with Crippen LogP contribution in [0.4, 0.5) is 16.2 Å².